The van der Waals surface area contributed by atoms with Crippen molar-refractivity contribution in [3.63, 3.8) is 0 Å². The van der Waals surface area contributed by atoms with E-state index in [1.807, 2.05) is 30.3 Å². The van der Waals surface area contributed by atoms with Gasteiger partial charge in [-0.1, -0.05) is 44.2 Å². The Bertz CT molecular complexity index is 770. The minimum Gasteiger partial charge on any atom is -0.480 e. The molecule has 0 aliphatic carbocycles. The molecule has 1 atom stereocenters. The van der Waals surface area contributed by atoms with Crippen molar-refractivity contribution in [1.82, 2.24) is 5.32 Å². The van der Waals surface area contributed by atoms with Gasteiger partial charge < -0.3 is 15.7 Å². The number of benzene rings is 2. The number of aliphatic carboxylic acids is 1. The summed E-state index contributed by atoms with van der Waals surface area (Å²) in [5.41, 5.74) is 1.73. The van der Waals surface area contributed by atoms with E-state index in [4.69, 9.17) is 0 Å². The Kier molecular flexibility index (Phi) is 6.49. The second-order valence-electron chi connectivity index (χ2n) is 6.28. The number of carbonyl (C=O) groups is 3. The zero-order valence-electron chi connectivity index (χ0n) is 14.7. The van der Waals surface area contributed by atoms with Crippen LogP contribution in [0.4, 0.5) is 5.69 Å². The largest absolute Gasteiger partial charge is 0.480 e. The van der Waals surface area contributed by atoms with Crippen LogP contribution in [0.2, 0.25) is 0 Å². The predicted octanol–water partition coefficient (Wildman–Crippen LogP) is 2.71. The van der Waals surface area contributed by atoms with Gasteiger partial charge in [0, 0.05) is 23.6 Å². The van der Waals surface area contributed by atoms with Crippen molar-refractivity contribution in [2.24, 2.45) is 5.92 Å². The van der Waals surface area contributed by atoms with Crippen molar-refractivity contribution in [2.75, 3.05) is 5.32 Å². The van der Waals surface area contributed by atoms with Crippen LogP contribution in [0.25, 0.3) is 0 Å². The quantitative estimate of drug-likeness (QED) is 0.712. The topological polar surface area (TPSA) is 95.5 Å². The minimum atomic E-state index is -1.09. The smallest absolute Gasteiger partial charge is 0.326 e. The maximum absolute atomic E-state index is 12.3. The van der Waals surface area contributed by atoms with Crippen molar-refractivity contribution in [2.45, 2.75) is 26.3 Å². The second kappa shape index (κ2) is 8.80. The number of nitrogens with one attached hydrogen (secondary N) is 2. The first-order valence-electron chi connectivity index (χ1n) is 8.35. The molecule has 0 saturated carbocycles. The van der Waals surface area contributed by atoms with Gasteiger partial charge in [0.05, 0.1) is 0 Å². The Morgan fingerprint density at radius 3 is 2.12 bits per heavy atom. The Morgan fingerprint density at radius 1 is 0.962 bits per heavy atom. The van der Waals surface area contributed by atoms with Crippen LogP contribution in [0.5, 0.6) is 0 Å². The molecule has 0 aromatic heterocycles. The number of hydrogen-bond acceptors (Lipinski definition) is 3. The van der Waals surface area contributed by atoms with Gasteiger partial charge in [-0.2, -0.15) is 0 Å². The molecule has 0 radical (unpaired) electrons. The summed E-state index contributed by atoms with van der Waals surface area (Å²) in [5, 5.41) is 14.6. The molecule has 0 bridgehead atoms. The number of carbonyl (C=O) groups excluding carboxylic acids is 2. The first-order valence-corrected chi connectivity index (χ1v) is 8.35. The normalized spacial score (nSPS) is 11.7. The molecule has 2 amide bonds. The van der Waals surface area contributed by atoms with E-state index in [0.29, 0.717) is 11.3 Å². The number of carboxylic acids is 1. The fourth-order valence-corrected chi connectivity index (χ4v) is 2.28. The van der Waals surface area contributed by atoms with Gasteiger partial charge in [0.15, 0.2) is 0 Å². The number of anilines is 1. The van der Waals surface area contributed by atoms with E-state index in [1.54, 1.807) is 38.1 Å². The SMILES string of the molecule is CC(C)C(=O)Nc1ccc(C(=O)N[C@@H](Cc2ccccc2)C(=O)O)cc1. The summed E-state index contributed by atoms with van der Waals surface area (Å²) in [6.45, 7) is 3.58. The summed E-state index contributed by atoms with van der Waals surface area (Å²) in [6, 6.07) is 14.4. The highest BCUT2D eigenvalue weighted by molar-refractivity contribution is 5.97. The van der Waals surface area contributed by atoms with Gasteiger partial charge in [-0.3, -0.25) is 9.59 Å². The highest BCUT2D eigenvalue weighted by Crippen LogP contribution is 2.12. The van der Waals surface area contributed by atoms with Crippen molar-refractivity contribution in [3.8, 4) is 0 Å². The van der Waals surface area contributed by atoms with Crippen LogP contribution in [0.3, 0.4) is 0 Å². The molecule has 0 aliphatic heterocycles. The Balaban J connectivity index is 2.02. The Hall–Kier alpha value is -3.15. The first-order chi connectivity index (χ1) is 12.4. The predicted molar refractivity (Wildman–Crippen MR) is 98.9 cm³/mol. The van der Waals surface area contributed by atoms with Gasteiger partial charge in [-0.25, -0.2) is 4.79 Å². The molecule has 0 fully saturated rings. The third-order valence-electron chi connectivity index (χ3n) is 3.83. The van der Waals surface area contributed by atoms with Crippen LogP contribution in [0, 0.1) is 5.92 Å². The summed E-state index contributed by atoms with van der Waals surface area (Å²) in [5.74, 6) is -1.83. The molecular weight excluding hydrogens is 332 g/mol. The van der Waals surface area contributed by atoms with Gasteiger partial charge in [0.1, 0.15) is 6.04 Å². The third kappa shape index (κ3) is 5.44. The van der Waals surface area contributed by atoms with Gasteiger partial charge >= 0.3 is 5.97 Å². The van der Waals surface area contributed by atoms with Gasteiger partial charge in [0.25, 0.3) is 5.91 Å². The molecule has 26 heavy (non-hydrogen) atoms. The molecule has 0 saturated heterocycles. The average molecular weight is 354 g/mol. The molecule has 0 aliphatic rings. The Morgan fingerprint density at radius 2 is 1.58 bits per heavy atom. The molecule has 2 aromatic carbocycles. The van der Waals surface area contributed by atoms with E-state index >= 15 is 0 Å². The van der Waals surface area contributed by atoms with Crippen molar-refractivity contribution in [3.05, 3.63) is 65.7 Å². The van der Waals surface area contributed by atoms with Gasteiger partial charge in [-0.05, 0) is 29.8 Å². The summed E-state index contributed by atoms with van der Waals surface area (Å²) in [7, 11) is 0. The fourth-order valence-electron chi connectivity index (χ4n) is 2.28. The summed E-state index contributed by atoms with van der Waals surface area (Å²) >= 11 is 0. The molecule has 0 unspecified atom stereocenters. The summed E-state index contributed by atoms with van der Waals surface area (Å²) in [4.78, 5) is 35.4. The molecule has 6 nitrogen and oxygen atoms in total. The second-order valence-corrected chi connectivity index (χ2v) is 6.28. The molecule has 3 N–H and O–H groups in total. The summed E-state index contributed by atoms with van der Waals surface area (Å²) in [6.07, 6.45) is 0.199. The van der Waals surface area contributed by atoms with E-state index in [2.05, 4.69) is 10.6 Å². The monoisotopic (exact) mass is 354 g/mol. The highest BCUT2D eigenvalue weighted by atomic mass is 16.4. The first kappa shape index (κ1) is 19.2. The number of rotatable bonds is 7. The lowest BCUT2D eigenvalue weighted by Gasteiger charge is -2.15. The van der Waals surface area contributed by atoms with Crippen LogP contribution in [0.15, 0.2) is 54.6 Å². The van der Waals surface area contributed by atoms with Crippen LogP contribution in [-0.2, 0) is 16.0 Å². The Labute approximate surface area is 152 Å². The lowest BCUT2D eigenvalue weighted by atomic mass is 10.1. The lowest BCUT2D eigenvalue weighted by Crippen LogP contribution is -2.42. The van der Waals surface area contributed by atoms with Crippen LogP contribution < -0.4 is 10.6 Å². The molecule has 2 aromatic rings. The standard InChI is InChI=1S/C20H22N2O4/c1-13(2)18(23)21-16-10-8-15(9-11-16)19(24)22-17(20(25)26)12-14-6-4-3-5-7-14/h3-11,13,17H,12H2,1-2H3,(H,21,23)(H,22,24)(H,25,26)/t17-/m0/s1. The van der Waals surface area contributed by atoms with Crippen molar-refractivity contribution < 1.29 is 19.5 Å². The molecule has 0 heterocycles. The highest BCUT2D eigenvalue weighted by Gasteiger charge is 2.21. The molecule has 2 rings (SSSR count). The maximum Gasteiger partial charge on any atom is 0.326 e. The number of carboxylic acid groups (broad SMARTS) is 1. The molecular formula is C20H22N2O4. The zero-order chi connectivity index (χ0) is 19.1. The van der Waals surface area contributed by atoms with E-state index in [0.717, 1.165) is 5.56 Å². The van der Waals surface area contributed by atoms with Crippen LogP contribution in [0.1, 0.15) is 29.8 Å². The molecule has 6 heteroatoms. The van der Waals surface area contributed by atoms with Crippen molar-refractivity contribution in [1.29, 1.82) is 0 Å². The number of amides is 2. The zero-order valence-corrected chi connectivity index (χ0v) is 14.7. The number of hydrogen-bond donors (Lipinski definition) is 3. The minimum absolute atomic E-state index is 0.115. The van der Waals surface area contributed by atoms with Gasteiger partial charge in [-0.15, -0.1) is 0 Å². The van der Waals surface area contributed by atoms with E-state index in [9.17, 15) is 19.5 Å². The average Bonchev–Trinajstić information content (AvgIpc) is 2.62. The van der Waals surface area contributed by atoms with Crippen LogP contribution in [-0.4, -0.2) is 28.9 Å². The summed E-state index contributed by atoms with van der Waals surface area (Å²) < 4.78 is 0. The van der Waals surface area contributed by atoms with E-state index in [-0.39, 0.29) is 18.2 Å². The van der Waals surface area contributed by atoms with Gasteiger partial charge in [0.2, 0.25) is 5.91 Å². The third-order valence-corrected chi connectivity index (χ3v) is 3.83. The lowest BCUT2D eigenvalue weighted by molar-refractivity contribution is -0.139. The molecule has 0 spiro atoms. The molecule has 136 valence electrons. The van der Waals surface area contributed by atoms with E-state index in [1.165, 1.54) is 0 Å². The fraction of sp³-hybridized carbons (Fsp3) is 0.250. The van der Waals surface area contributed by atoms with Crippen molar-refractivity contribution >= 4 is 23.5 Å². The van der Waals surface area contributed by atoms with E-state index < -0.39 is 17.9 Å². The van der Waals surface area contributed by atoms with Crippen LogP contribution >= 0.6 is 0 Å². The maximum atomic E-state index is 12.3.